The highest BCUT2D eigenvalue weighted by molar-refractivity contribution is 5.85. The molecule has 0 aromatic rings. The summed E-state index contributed by atoms with van der Waals surface area (Å²) in [4.78, 5) is 9.79. The van der Waals surface area contributed by atoms with Crippen molar-refractivity contribution in [1.82, 2.24) is 0 Å². The van der Waals surface area contributed by atoms with Crippen LogP contribution in [0.4, 0.5) is 0 Å². The summed E-state index contributed by atoms with van der Waals surface area (Å²) in [5.41, 5.74) is 0. The second-order valence-corrected chi connectivity index (χ2v) is 1.68. The summed E-state index contributed by atoms with van der Waals surface area (Å²) in [5.74, 6) is 22.8. The number of hydrogen-bond acceptors (Lipinski definition) is 2. The average Bonchev–Trinajstić information content (AvgIpc) is 2.20. The van der Waals surface area contributed by atoms with E-state index in [0.717, 1.165) is 0 Å². The van der Waals surface area contributed by atoms with Crippen LogP contribution >= 0.6 is 0 Å². The topological polar surface area (TPSA) is 40.1 Å². The van der Waals surface area contributed by atoms with Gasteiger partial charge in [0.25, 0.3) is 0 Å². The molecule has 0 amide bonds. The maximum Gasteiger partial charge on any atom is 0.117 e. The van der Waals surface area contributed by atoms with Crippen molar-refractivity contribution < 1.29 is 9.90 Å². The van der Waals surface area contributed by atoms with Gasteiger partial charge in [0.05, 0.1) is 0 Å². The number of aliphatic carboxylic acids is 1. The molecule has 0 saturated heterocycles. The number of terminal acetylenes is 1. The Kier molecular flexibility index (Phi) is 7.04. The number of rotatable bonds is 0. The standard InChI is InChI=1S/C13H2O2/c1-2-3-4-5-6-7-8-9-10-11-12-13(14)15/h1H,(H,14,15)/p-1. The van der Waals surface area contributed by atoms with Gasteiger partial charge in [-0.15, -0.1) is 6.42 Å². The van der Waals surface area contributed by atoms with Gasteiger partial charge < -0.3 is 9.90 Å². The minimum Gasteiger partial charge on any atom is -0.537 e. The van der Waals surface area contributed by atoms with Gasteiger partial charge in [0.2, 0.25) is 0 Å². The summed E-state index contributed by atoms with van der Waals surface area (Å²) >= 11 is 0. The van der Waals surface area contributed by atoms with Crippen molar-refractivity contribution in [2.24, 2.45) is 0 Å². The molecule has 0 radical (unpaired) electrons. The summed E-state index contributed by atoms with van der Waals surface area (Å²) in [5, 5.41) is 9.79. The van der Waals surface area contributed by atoms with Gasteiger partial charge in [0.15, 0.2) is 0 Å². The molecule has 0 fully saturated rings. The van der Waals surface area contributed by atoms with Crippen LogP contribution in [0.3, 0.4) is 0 Å². The zero-order chi connectivity index (χ0) is 11.4. The average molecular weight is 189 g/mol. The Hall–Kier alpha value is -3.17. The fourth-order valence-electron chi connectivity index (χ4n) is 0.337. The molecule has 66 valence electrons. The molecule has 15 heavy (non-hydrogen) atoms. The molecule has 0 aliphatic heterocycles. The summed E-state index contributed by atoms with van der Waals surface area (Å²) in [6.45, 7) is 0. The van der Waals surface area contributed by atoms with Crippen LogP contribution in [-0.4, -0.2) is 5.97 Å². The van der Waals surface area contributed by atoms with E-state index in [2.05, 4.69) is 53.3 Å². The van der Waals surface area contributed by atoms with Crippen LogP contribution in [0, 0.1) is 71.5 Å². The van der Waals surface area contributed by atoms with Gasteiger partial charge in [-0.2, -0.15) is 0 Å². The Morgan fingerprint density at radius 3 is 1.60 bits per heavy atom. The summed E-state index contributed by atoms with van der Waals surface area (Å²) in [7, 11) is 0. The smallest absolute Gasteiger partial charge is 0.117 e. The molecule has 0 aromatic heterocycles. The lowest BCUT2D eigenvalue weighted by molar-refractivity contribution is -0.295. The van der Waals surface area contributed by atoms with Crippen LogP contribution in [0.2, 0.25) is 0 Å². The van der Waals surface area contributed by atoms with Crippen LogP contribution in [0.25, 0.3) is 0 Å². The highest BCUT2D eigenvalue weighted by atomic mass is 16.4. The lowest BCUT2D eigenvalue weighted by Gasteiger charge is -1.78. The van der Waals surface area contributed by atoms with Crippen molar-refractivity contribution in [3.05, 3.63) is 0 Å². The predicted octanol–water partition coefficient (Wildman–Crippen LogP) is -1.61. The van der Waals surface area contributed by atoms with Crippen molar-refractivity contribution in [3.63, 3.8) is 0 Å². The minimum absolute atomic E-state index is 1.48. The molecular weight excluding hydrogens is 188 g/mol. The van der Waals surface area contributed by atoms with E-state index >= 15 is 0 Å². The van der Waals surface area contributed by atoms with Gasteiger partial charge in [-0.25, -0.2) is 0 Å². The first-order valence-electron chi connectivity index (χ1n) is 3.45. The number of hydrogen-bond donors (Lipinski definition) is 0. The monoisotopic (exact) mass is 189 g/mol. The second-order valence-electron chi connectivity index (χ2n) is 1.68. The first kappa shape index (κ1) is 11.8. The van der Waals surface area contributed by atoms with Crippen LogP contribution in [0.5, 0.6) is 0 Å². The highest BCUT2D eigenvalue weighted by Gasteiger charge is 1.63. The van der Waals surface area contributed by atoms with Crippen molar-refractivity contribution in [2.45, 2.75) is 0 Å². The van der Waals surface area contributed by atoms with Crippen molar-refractivity contribution in [2.75, 3.05) is 0 Å². The number of carboxylic acid groups (broad SMARTS) is 1. The SMILES string of the molecule is C#CC#CC#CC#CC#CC#CC(=O)[O-]. The minimum atomic E-state index is -1.48. The molecule has 0 aromatic carbocycles. The zero-order valence-electron chi connectivity index (χ0n) is 7.39. The zero-order valence-corrected chi connectivity index (χ0v) is 7.39. The molecule has 0 rings (SSSR count). The van der Waals surface area contributed by atoms with Crippen LogP contribution in [-0.2, 0) is 4.79 Å². The maximum absolute atomic E-state index is 9.79. The molecule has 0 aliphatic rings. The van der Waals surface area contributed by atoms with Crippen molar-refractivity contribution >= 4 is 5.97 Å². The molecule has 0 aliphatic carbocycles. The molecule has 0 heterocycles. The fraction of sp³-hybridized carbons (Fsp3) is 0. The second kappa shape index (κ2) is 8.92. The first-order chi connectivity index (χ1) is 7.27. The van der Waals surface area contributed by atoms with E-state index in [1.54, 1.807) is 5.92 Å². The molecule has 0 atom stereocenters. The Labute approximate surface area is 88.1 Å². The third-order valence-electron chi connectivity index (χ3n) is 0.737. The summed E-state index contributed by atoms with van der Waals surface area (Å²) in [6, 6.07) is 0. The van der Waals surface area contributed by atoms with Crippen LogP contribution in [0.15, 0.2) is 0 Å². The summed E-state index contributed by atoms with van der Waals surface area (Å²) < 4.78 is 0. The molecule has 0 unspecified atom stereocenters. The summed E-state index contributed by atoms with van der Waals surface area (Å²) in [6.07, 6.45) is 4.83. The van der Waals surface area contributed by atoms with E-state index in [9.17, 15) is 9.90 Å². The molecule has 2 heteroatoms. The van der Waals surface area contributed by atoms with Crippen LogP contribution < -0.4 is 5.11 Å². The molecule has 0 N–H and O–H groups in total. The molecule has 2 nitrogen and oxygen atoms in total. The van der Waals surface area contributed by atoms with E-state index in [-0.39, 0.29) is 0 Å². The van der Waals surface area contributed by atoms with E-state index in [0.29, 0.717) is 0 Å². The lowest BCUT2D eigenvalue weighted by Crippen LogP contribution is -2.19. The molecule has 0 bridgehead atoms. The third kappa shape index (κ3) is 10.8. The van der Waals surface area contributed by atoms with E-state index in [1.165, 1.54) is 0 Å². The Balaban J connectivity index is 4.24. The highest BCUT2D eigenvalue weighted by Crippen LogP contribution is 1.56. The molecular formula is C13HO2-. The van der Waals surface area contributed by atoms with Crippen molar-refractivity contribution in [3.8, 4) is 71.5 Å². The quantitative estimate of drug-likeness (QED) is 0.430. The maximum atomic E-state index is 9.79. The van der Waals surface area contributed by atoms with Gasteiger partial charge in [-0.3, -0.25) is 0 Å². The van der Waals surface area contributed by atoms with Crippen molar-refractivity contribution in [1.29, 1.82) is 0 Å². The normalized spacial score (nSPS) is 4.47. The molecule has 0 saturated carbocycles. The first-order valence-corrected chi connectivity index (χ1v) is 3.45. The van der Waals surface area contributed by atoms with Crippen LogP contribution in [0.1, 0.15) is 0 Å². The number of carbonyl (C=O) groups is 1. The lowest BCUT2D eigenvalue weighted by atomic mass is 10.5. The van der Waals surface area contributed by atoms with E-state index in [1.807, 2.05) is 5.92 Å². The Morgan fingerprint density at radius 1 is 0.800 bits per heavy atom. The van der Waals surface area contributed by atoms with Gasteiger partial charge in [-0.05, 0) is 65.1 Å². The van der Waals surface area contributed by atoms with Gasteiger partial charge in [0, 0.05) is 0 Å². The number of carbonyl (C=O) groups excluding carboxylic acids is 1. The largest absolute Gasteiger partial charge is 0.537 e. The van der Waals surface area contributed by atoms with Gasteiger partial charge >= 0.3 is 0 Å². The van der Waals surface area contributed by atoms with E-state index < -0.39 is 5.97 Å². The fourth-order valence-corrected chi connectivity index (χ4v) is 0.337. The third-order valence-corrected chi connectivity index (χ3v) is 0.737. The molecule has 0 spiro atoms. The Morgan fingerprint density at radius 2 is 1.20 bits per heavy atom. The van der Waals surface area contributed by atoms with Gasteiger partial charge in [0.1, 0.15) is 5.97 Å². The van der Waals surface area contributed by atoms with Gasteiger partial charge in [-0.1, -0.05) is 0 Å². The predicted molar refractivity (Wildman–Crippen MR) is 52.7 cm³/mol. The Bertz CT molecular complexity index is 589. The van der Waals surface area contributed by atoms with E-state index in [4.69, 9.17) is 6.42 Å². The number of carboxylic acids is 1.